The highest BCUT2D eigenvalue weighted by Crippen LogP contribution is 2.38. The molecular formula is C26H22F6O3. The van der Waals surface area contributed by atoms with Gasteiger partial charge in [0.05, 0.1) is 18.6 Å². The molecule has 0 fully saturated rings. The summed E-state index contributed by atoms with van der Waals surface area (Å²) < 4.78 is 91.7. The quantitative estimate of drug-likeness (QED) is 0.247. The lowest BCUT2D eigenvalue weighted by Gasteiger charge is -2.20. The van der Waals surface area contributed by atoms with E-state index < -0.39 is 41.1 Å². The Labute approximate surface area is 198 Å². The Kier molecular flexibility index (Phi) is 7.77. The van der Waals surface area contributed by atoms with E-state index in [0.29, 0.717) is 24.1 Å². The molecule has 0 aliphatic rings. The Balaban J connectivity index is 2.19. The van der Waals surface area contributed by atoms with Crippen LogP contribution >= 0.6 is 0 Å². The Bertz CT molecular complexity index is 1200. The van der Waals surface area contributed by atoms with E-state index in [1.807, 2.05) is 13.8 Å². The molecule has 0 heterocycles. The van der Waals surface area contributed by atoms with Gasteiger partial charge in [-0.2, -0.15) is 13.2 Å². The molecule has 3 aromatic carbocycles. The molecule has 186 valence electrons. The van der Waals surface area contributed by atoms with Crippen molar-refractivity contribution in [3.63, 3.8) is 0 Å². The summed E-state index contributed by atoms with van der Waals surface area (Å²) in [6.07, 6.45) is -4.46. The van der Waals surface area contributed by atoms with Gasteiger partial charge in [-0.1, -0.05) is 19.9 Å². The summed E-state index contributed by atoms with van der Waals surface area (Å²) in [4.78, 5) is 12.5. The zero-order chi connectivity index (χ0) is 25.9. The number of halogens is 6. The Morgan fingerprint density at radius 1 is 0.800 bits per heavy atom. The first-order valence-electron chi connectivity index (χ1n) is 10.6. The van der Waals surface area contributed by atoms with Gasteiger partial charge in [0.1, 0.15) is 29.0 Å². The third kappa shape index (κ3) is 6.77. The third-order valence-electron chi connectivity index (χ3n) is 5.15. The SMILES string of the molecule is COC(=O)C(CC(C)C)c1cc(Oc2cc(F)cc(F)c2)cc(-c2cc(F)cc(C(F)(F)F)c2)c1. The highest BCUT2D eigenvalue weighted by atomic mass is 19.4. The van der Waals surface area contributed by atoms with E-state index >= 15 is 0 Å². The molecule has 0 N–H and O–H groups in total. The molecule has 0 spiro atoms. The van der Waals surface area contributed by atoms with Crippen molar-refractivity contribution in [3.8, 4) is 22.6 Å². The molecule has 0 aliphatic heterocycles. The second kappa shape index (κ2) is 10.4. The number of carbonyl (C=O) groups excluding carboxylic acids is 1. The number of rotatable bonds is 7. The lowest BCUT2D eigenvalue weighted by molar-refractivity contribution is -0.143. The molecule has 1 unspecified atom stereocenters. The molecule has 0 aromatic heterocycles. The van der Waals surface area contributed by atoms with Crippen molar-refractivity contribution in [3.05, 3.63) is 83.2 Å². The van der Waals surface area contributed by atoms with Crippen molar-refractivity contribution in [2.24, 2.45) is 5.92 Å². The molecule has 1 atom stereocenters. The van der Waals surface area contributed by atoms with Gasteiger partial charge in [-0.25, -0.2) is 13.2 Å². The minimum atomic E-state index is -4.79. The van der Waals surface area contributed by atoms with E-state index in [-0.39, 0.29) is 28.5 Å². The highest BCUT2D eigenvalue weighted by molar-refractivity contribution is 5.79. The molecule has 3 aromatic rings. The van der Waals surface area contributed by atoms with Crippen LogP contribution in [0.15, 0.2) is 54.6 Å². The normalized spacial score (nSPS) is 12.5. The van der Waals surface area contributed by atoms with Gasteiger partial charge in [0, 0.05) is 18.2 Å². The van der Waals surface area contributed by atoms with Gasteiger partial charge in [-0.15, -0.1) is 0 Å². The second-order valence-corrected chi connectivity index (χ2v) is 8.43. The molecule has 0 aliphatic carbocycles. The molecular weight excluding hydrogens is 474 g/mol. The van der Waals surface area contributed by atoms with E-state index in [0.717, 1.165) is 24.3 Å². The fraction of sp³-hybridized carbons (Fsp3) is 0.269. The van der Waals surface area contributed by atoms with Crippen LogP contribution in [0.1, 0.15) is 37.3 Å². The standard InChI is InChI=1S/C26H22F6O3/c1-14(2)4-24(25(33)34-3)17-5-15(16-6-18(26(30,31)32)10-19(27)7-16)8-22(9-17)35-23-12-20(28)11-21(29)13-23/h5-14,24H,4H2,1-3H3. The van der Waals surface area contributed by atoms with Crippen LogP contribution in [0.25, 0.3) is 11.1 Å². The summed E-state index contributed by atoms with van der Waals surface area (Å²) >= 11 is 0. The number of alkyl halides is 3. The van der Waals surface area contributed by atoms with Crippen LogP contribution in [0.3, 0.4) is 0 Å². The van der Waals surface area contributed by atoms with Crippen molar-refractivity contribution in [2.45, 2.75) is 32.4 Å². The van der Waals surface area contributed by atoms with Crippen LogP contribution in [0.5, 0.6) is 11.5 Å². The van der Waals surface area contributed by atoms with Crippen molar-refractivity contribution in [1.82, 2.24) is 0 Å². The molecule has 0 amide bonds. The topological polar surface area (TPSA) is 35.5 Å². The highest BCUT2D eigenvalue weighted by Gasteiger charge is 2.32. The first-order valence-corrected chi connectivity index (χ1v) is 10.6. The maximum atomic E-state index is 14.1. The number of esters is 1. The second-order valence-electron chi connectivity index (χ2n) is 8.43. The number of benzene rings is 3. The molecule has 0 saturated heterocycles. The fourth-order valence-electron chi connectivity index (χ4n) is 3.67. The first-order chi connectivity index (χ1) is 16.3. The van der Waals surface area contributed by atoms with Crippen LogP contribution in [-0.2, 0) is 15.7 Å². The van der Waals surface area contributed by atoms with Gasteiger partial charge in [-0.05, 0) is 59.4 Å². The van der Waals surface area contributed by atoms with E-state index in [9.17, 15) is 31.1 Å². The number of ether oxygens (including phenoxy) is 2. The smallest absolute Gasteiger partial charge is 0.416 e. The summed E-state index contributed by atoms with van der Waals surface area (Å²) in [5.41, 5.74) is -0.883. The van der Waals surface area contributed by atoms with Crippen molar-refractivity contribution in [1.29, 1.82) is 0 Å². The summed E-state index contributed by atoms with van der Waals surface area (Å²) in [5.74, 6) is -4.50. The zero-order valence-electron chi connectivity index (χ0n) is 19.1. The van der Waals surface area contributed by atoms with Gasteiger partial charge in [0.2, 0.25) is 0 Å². The Hall–Kier alpha value is -3.49. The van der Waals surface area contributed by atoms with Gasteiger partial charge < -0.3 is 9.47 Å². The average Bonchev–Trinajstić information content (AvgIpc) is 2.75. The van der Waals surface area contributed by atoms with Crippen molar-refractivity contribution in [2.75, 3.05) is 7.11 Å². The van der Waals surface area contributed by atoms with Gasteiger partial charge in [0.15, 0.2) is 0 Å². The predicted molar refractivity (Wildman–Crippen MR) is 117 cm³/mol. The summed E-state index contributed by atoms with van der Waals surface area (Å²) in [6.45, 7) is 3.74. The number of carbonyl (C=O) groups is 1. The average molecular weight is 496 g/mol. The zero-order valence-corrected chi connectivity index (χ0v) is 19.1. The Morgan fingerprint density at radius 3 is 1.94 bits per heavy atom. The first kappa shape index (κ1) is 26.1. The van der Waals surface area contributed by atoms with Crippen LogP contribution < -0.4 is 4.74 Å². The summed E-state index contributed by atoms with van der Waals surface area (Å²) in [6, 6.07) is 8.71. The lowest BCUT2D eigenvalue weighted by Crippen LogP contribution is -2.16. The monoisotopic (exact) mass is 496 g/mol. The number of methoxy groups -OCH3 is 1. The van der Waals surface area contributed by atoms with Gasteiger partial charge >= 0.3 is 12.1 Å². The fourth-order valence-corrected chi connectivity index (χ4v) is 3.67. The molecule has 35 heavy (non-hydrogen) atoms. The maximum Gasteiger partial charge on any atom is 0.416 e. The van der Waals surface area contributed by atoms with Crippen LogP contribution in [0.2, 0.25) is 0 Å². The van der Waals surface area contributed by atoms with Crippen LogP contribution in [0.4, 0.5) is 26.3 Å². The molecule has 0 saturated carbocycles. The number of hydrogen-bond acceptors (Lipinski definition) is 3. The third-order valence-corrected chi connectivity index (χ3v) is 5.15. The maximum absolute atomic E-state index is 14.1. The van der Waals surface area contributed by atoms with E-state index in [2.05, 4.69) is 0 Å². The lowest BCUT2D eigenvalue weighted by atomic mass is 9.88. The number of hydrogen-bond donors (Lipinski definition) is 0. The predicted octanol–water partition coefficient (Wildman–Crippen LogP) is 7.88. The largest absolute Gasteiger partial charge is 0.469 e. The summed E-state index contributed by atoms with van der Waals surface area (Å²) in [7, 11) is 1.20. The van der Waals surface area contributed by atoms with E-state index in [1.165, 1.54) is 25.3 Å². The van der Waals surface area contributed by atoms with Crippen LogP contribution in [0, 0.1) is 23.4 Å². The van der Waals surface area contributed by atoms with Crippen LogP contribution in [-0.4, -0.2) is 13.1 Å². The molecule has 0 radical (unpaired) electrons. The van der Waals surface area contributed by atoms with Gasteiger partial charge in [0.25, 0.3) is 0 Å². The van der Waals surface area contributed by atoms with Crippen molar-refractivity contribution >= 4 is 5.97 Å². The minimum absolute atomic E-state index is 0.0158. The molecule has 9 heteroatoms. The minimum Gasteiger partial charge on any atom is -0.469 e. The van der Waals surface area contributed by atoms with Crippen molar-refractivity contribution < 1.29 is 40.6 Å². The van der Waals surface area contributed by atoms with E-state index in [4.69, 9.17) is 9.47 Å². The van der Waals surface area contributed by atoms with Gasteiger partial charge in [-0.3, -0.25) is 4.79 Å². The summed E-state index contributed by atoms with van der Waals surface area (Å²) in [5, 5.41) is 0. The Morgan fingerprint density at radius 2 is 1.37 bits per heavy atom. The molecule has 3 nitrogen and oxygen atoms in total. The van der Waals surface area contributed by atoms with E-state index in [1.54, 1.807) is 0 Å². The molecule has 3 rings (SSSR count). The molecule has 0 bridgehead atoms.